The van der Waals surface area contributed by atoms with Gasteiger partial charge >= 0.3 is 6.18 Å². The van der Waals surface area contributed by atoms with Crippen molar-refractivity contribution in [3.63, 3.8) is 0 Å². The summed E-state index contributed by atoms with van der Waals surface area (Å²) in [5, 5.41) is 4.35. The molecule has 2 aromatic heterocycles. The number of halogens is 4. The van der Waals surface area contributed by atoms with Gasteiger partial charge in [0.1, 0.15) is 5.82 Å². The number of fused-ring (bicyclic) bond motifs is 1. The van der Waals surface area contributed by atoms with Crippen molar-refractivity contribution < 1.29 is 17.6 Å². The van der Waals surface area contributed by atoms with Crippen LogP contribution < -0.4 is 0 Å². The highest BCUT2D eigenvalue weighted by atomic mass is 19.4. The van der Waals surface area contributed by atoms with Crippen LogP contribution in [0, 0.1) is 5.82 Å². The molecule has 0 bridgehead atoms. The van der Waals surface area contributed by atoms with Gasteiger partial charge in [-0.1, -0.05) is 0 Å². The van der Waals surface area contributed by atoms with Crippen molar-refractivity contribution in [1.82, 2.24) is 14.8 Å². The first-order valence-corrected chi connectivity index (χ1v) is 7.55. The molecule has 4 rings (SSSR count). The van der Waals surface area contributed by atoms with Gasteiger partial charge in [-0.05, 0) is 43.2 Å². The summed E-state index contributed by atoms with van der Waals surface area (Å²) in [6.07, 6.45) is -2.81. The molecule has 0 saturated heterocycles. The Kier molecular flexibility index (Phi) is 3.16. The number of hydrogen-bond acceptors (Lipinski definition) is 2. The van der Waals surface area contributed by atoms with E-state index in [1.54, 1.807) is 7.05 Å². The maximum absolute atomic E-state index is 13.6. The molecule has 1 saturated carbocycles. The predicted octanol–water partition coefficient (Wildman–Crippen LogP) is 4.67. The van der Waals surface area contributed by atoms with E-state index < -0.39 is 17.6 Å². The third-order valence-corrected chi connectivity index (χ3v) is 4.23. The van der Waals surface area contributed by atoms with E-state index in [1.165, 1.54) is 28.9 Å². The minimum Gasteiger partial charge on any atom is -0.250 e. The van der Waals surface area contributed by atoms with Crippen LogP contribution in [-0.4, -0.2) is 14.8 Å². The minimum absolute atomic E-state index is 0.0771. The Bertz CT molecular complexity index is 922. The van der Waals surface area contributed by atoms with Crippen molar-refractivity contribution in [1.29, 1.82) is 0 Å². The molecule has 0 amide bonds. The van der Waals surface area contributed by atoms with E-state index in [1.807, 2.05) is 0 Å². The Hall–Kier alpha value is -2.44. The molecule has 0 spiro atoms. The second-order valence-corrected chi connectivity index (χ2v) is 6.04. The number of alkyl halides is 3. The molecule has 0 atom stereocenters. The van der Waals surface area contributed by atoms with Crippen LogP contribution in [0.3, 0.4) is 0 Å². The lowest BCUT2D eigenvalue weighted by molar-refractivity contribution is -0.136. The topological polar surface area (TPSA) is 30.7 Å². The van der Waals surface area contributed by atoms with E-state index in [0.717, 1.165) is 18.9 Å². The molecule has 7 heteroatoms. The van der Waals surface area contributed by atoms with Crippen molar-refractivity contribution >= 4 is 11.0 Å². The van der Waals surface area contributed by atoms with Crippen molar-refractivity contribution in [2.45, 2.75) is 24.9 Å². The van der Waals surface area contributed by atoms with Gasteiger partial charge in [-0.25, -0.2) is 9.37 Å². The molecule has 1 aliphatic carbocycles. The van der Waals surface area contributed by atoms with Gasteiger partial charge in [-0.15, -0.1) is 0 Å². The van der Waals surface area contributed by atoms with Crippen LogP contribution in [0.15, 0.2) is 30.3 Å². The number of aromatic nitrogens is 3. The number of benzene rings is 1. The molecule has 2 heterocycles. The molecular formula is C17H13F4N3. The molecule has 1 aromatic carbocycles. The van der Waals surface area contributed by atoms with Gasteiger partial charge in [0.25, 0.3) is 0 Å². The second-order valence-electron chi connectivity index (χ2n) is 6.04. The molecule has 3 nitrogen and oxygen atoms in total. The van der Waals surface area contributed by atoms with Gasteiger partial charge in [0, 0.05) is 18.5 Å². The van der Waals surface area contributed by atoms with Gasteiger partial charge in [-0.3, -0.25) is 4.68 Å². The summed E-state index contributed by atoms with van der Waals surface area (Å²) in [6.45, 7) is 0. The van der Waals surface area contributed by atoms with Crippen LogP contribution in [0.2, 0.25) is 0 Å². The third-order valence-electron chi connectivity index (χ3n) is 4.23. The molecule has 1 fully saturated rings. The monoisotopic (exact) mass is 335 g/mol. The van der Waals surface area contributed by atoms with Crippen LogP contribution in [0.5, 0.6) is 0 Å². The summed E-state index contributed by atoms with van der Waals surface area (Å²) in [4.78, 5) is 4.36. The number of aryl methyl sites for hydroxylation is 1. The summed E-state index contributed by atoms with van der Waals surface area (Å²) in [5.41, 5.74) is 0.518. The maximum Gasteiger partial charge on any atom is 0.417 e. The van der Waals surface area contributed by atoms with E-state index in [2.05, 4.69) is 10.1 Å². The Morgan fingerprint density at radius 2 is 1.79 bits per heavy atom. The SMILES string of the molecule is Cn1nc(C2CC2)c2c(C(F)(F)F)cc(-c3ccc(F)cc3)nc21. The first kappa shape index (κ1) is 15.1. The molecule has 124 valence electrons. The fraction of sp³-hybridized carbons (Fsp3) is 0.294. The summed E-state index contributed by atoms with van der Waals surface area (Å²) in [5.74, 6) is -0.374. The van der Waals surface area contributed by atoms with Gasteiger partial charge in [-0.2, -0.15) is 18.3 Å². The quantitative estimate of drug-likeness (QED) is 0.637. The third kappa shape index (κ3) is 2.44. The molecule has 1 aliphatic rings. The Labute approximate surface area is 134 Å². The second kappa shape index (κ2) is 5.03. The van der Waals surface area contributed by atoms with Crippen LogP contribution >= 0.6 is 0 Å². The van der Waals surface area contributed by atoms with Crippen molar-refractivity contribution in [2.24, 2.45) is 7.05 Å². The summed E-state index contributed by atoms with van der Waals surface area (Å²) >= 11 is 0. The maximum atomic E-state index is 13.6. The molecule has 0 N–H and O–H groups in total. The van der Waals surface area contributed by atoms with E-state index in [9.17, 15) is 17.6 Å². The highest BCUT2D eigenvalue weighted by Crippen LogP contribution is 2.46. The standard InChI is InChI=1S/C17H13F4N3/c1-24-16-14(15(23-24)10-2-3-10)12(17(19,20)21)8-13(22-16)9-4-6-11(18)7-5-9/h4-8,10H,2-3H2,1H3. The highest BCUT2D eigenvalue weighted by molar-refractivity contribution is 5.86. The zero-order valence-electron chi connectivity index (χ0n) is 12.7. The van der Waals surface area contributed by atoms with Gasteiger partial charge in [0.2, 0.25) is 0 Å². The first-order valence-electron chi connectivity index (χ1n) is 7.55. The summed E-state index contributed by atoms with van der Waals surface area (Å²) < 4.78 is 55.3. The normalized spacial score (nSPS) is 15.2. The lowest BCUT2D eigenvalue weighted by atomic mass is 10.0. The number of pyridine rings is 1. The zero-order valence-corrected chi connectivity index (χ0v) is 12.7. The fourth-order valence-corrected chi connectivity index (χ4v) is 2.91. The Morgan fingerprint density at radius 3 is 2.38 bits per heavy atom. The van der Waals surface area contributed by atoms with Crippen LogP contribution in [0.1, 0.15) is 30.0 Å². The van der Waals surface area contributed by atoms with Crippen molar-refractivity contribution in [3.05, 3.63) is 47.4 Å². The zero-order chi connectivity index (χ0) is 17.1. The van der Waals surface area contributed by atoms with Gasteiger partial charge < -0.3 is 0 Å². The van der Waals surface area contributed by atoms with E-state index in [0.29, 0.717) is 11.3 Å². The summed E-state index contributed by atoms with van der Waals surface area (Å²) in [6, 6.07) is 6.27. The van der Waals surface area contributed by atoms with Crippen molar-refractivity contribution in [2.75, 3.05) is 0 Å². The molecule has 0 aliphatic heterocycles. The average Bonchev–Trinajstić information content (AvgIpc) is 3.31. The molecular weight excluding hydrogens is 322 g/mol. The van der Waals surface area contributed by atoms with E-state index in [4.69, 9.17) is 0 Å². The lowest BCUT2D eigenvalue weighted by Gasteiger charge is -2.11. The predicted molar refractivity (Wildman–Crippen MR) is 80.9 cm³/mol. The highest BCUT2D eigenvalue weighted by Gasteiger charge is 2.39. The molecule has 0 radical (unpaired) electrons. The number of rotatable bonds is 2. The lowest BCUT2D eigenvalue weighted by Crippen LogP contribution is -2.08. The molecule has 3 aromatic rings. The van der Waals surface area contributed by atoms with Gasteiger partial charge in [0.15, 0.2) is 5.65 Å². The van der Waals surface area contributed by atoms with Crippen LogP contribution in [-0.2, 0) is 13.2 Å². The molecule has 0 unspecified atom stereocenters. The average molecular weight is 335 g/mol. The smallest absolute Gasteiger partial charge is 0.250 e. The van der Waals surface area contributed by atoms with Crippen LogP contribution in [0.4, 0.5) is 17.6 Å². The molecule has 24 heavy (non-hydrogen) atoms. The first-order chi connectivity index (χ1) is 11.3. The van der Waals surface area contributed by atoms with Crippen LogP contribution in [0.25, 0.3) is 22.3 Å². The van der Waals surface area contributed by atoms with Gasteiger partial charge in [0.05, 0.1) is 22.3 Å². The Balaban J connectivity index is 2.01. The fourth-order valence-electron chi connectivity index (χ4n) is 2.91. The Morgan fingerprint density at radius 1 is 1.12 bits per heavy atom. The van der Waals surface area contributed by atoms with E-state index in [-0.39, 0.29) is 22.6 Å². The van der Waals surface area contributed by atoms with Crippen molar-refractivity contribution in [3.8, 4) is 11.3 Å². The largest absolute Gasteiger partial charge is 0.417 e. The number of nitrogens with zero attached hydrogens (tertiary/aromatic N) is 3. The summed E-state index contributed by atoms with van der Waals surface area (Å²) in [7, 11) is 1.59. The number of hydrogen-bond donors (Lipinski definition) is 0. The van der Waals surface area contributed by atoms with E-state index >= 15 is 0 Å². The minimum atomic E-state index is -4.51.